The fraction of sp³-hybridized carbons (Fsp3) is 0.219. The summed E-state index contributed by atoms with van der Waals surface area (Å²) in [5.41, 5.74) is 3.46. The highest BCUT2D eigenvalue weighted by Gasteiger charge is 2.59. The van der Waals surface area contributed by atoms with Crippen molar-refractivity contribution in [2.75, 3.05) is 22.9 Å². The third-order valence-corrected chi connectivity index (χ3v) is 8.04. The number of hydrogen-bond acceptors (Lipinski definition) is 6. The van der Waals surface area contributed by atoms with E-state index in [1.807, 2.05) is 61.5 Å². The van der Waals surface area contributed by atoms with Gasteiger partial charge in [-0.2, -0.15) is 0 Å². The van der Waals surface area contributed by atoms with Gasteiger partial charge in [-0.05, 0) is 66.8 Å². The van der Waals surface area contributed by atoms with E-state index < -0.39 is 17.5 Å². The maximum Gasteiger partial charge on any atom is 0.338 e. The van der Waals surface area contributed by atoms with E-state index >= 15 is 0 Å². The Labute approximate surface area is 237 Å². The van der Waals surface area contributed by atoms with E-state index in [4.69, 9.17) is 0 Å². The van der Waals surface area contributed by atoms with Crippen molar-refractivity contribution in [3.05, 3.63) is 108 Å². The number of carboxylic acids is 1. The van der Waals surface area contributed by atoms with Crippen LogP contribution < -0.4 is 9.80 Å². The number of imide groups is 1. The van der Waals surface area contributed by atoms with Crippen LogP contribution in [-0.4, -0.2) is 56.5 Å². The largest absolute Gasteiger partial charge is 0.478 e. The number of hydrogen-bond donors (Lipinski definition) is 1. The predicted octanol–water partition coefficient (Wildman–Crippen LogP) is 5.16. The number of aromatic carboxylic acids is 1. The molecule has 9 heteroatoms. The lowest BCUT2D eigenvalue weighted by Crippen LogP contribution is -2.57. The predicted molar refractivity (Wildman–Crippen MR) is 155 cm³/mol. The van der Waals surface area contributed by atoms with Crippen LogP contribution in [-0.2, 0) is 11.3 Å². The quantitative estimate of drug-likeness (QED) is 0.332. The second-order valence-corrected chi connectivity index (χ2v) is 10.5. The summed E-state index contributed by atoms with van der Waals surface area (Å²) in [6.45, 7) is 3.85. The van der Waals surface area contributed by atoms with Crippen molar-refractivity contribution >= 4 is 29.4 Å². The fourth-order valence-electron chi connectivity index (χ4n) is 5.71. The van der Waals surface area contributed by atoms with Crippen molar-refractivity contribution in [2.45, 2.75) is 31.8 Å². The summed E-state index contributed by atoms with van der Waals surface area (Å²) < 4.78 is 0. The van der Waals surface area contributed by atoms with Gasteiger partial charge in [0, 0.05) is 32.0 Å². The lowest BCUT2D eigenvalue weighted by Gasteiger charge is -2.41. The highest BCUT2D eigenvalue weighted by atomic mass is 16.4. The number of urea groups is 1. The normalized spacial score (nSPS) is 16.9. The molecule has 4 heterocycles. The van der Waals surface area contributed by atoms with Crippen molar-refractivity contribution in [3.63, 3.8) is 0 Å². The molecule has 2 fully saturated rings. The molecule has 2 saturated heterocycles. The number of benzene rings is 2. The third-order valence-electron chi connectivity index (χ3n) is 8.04. The zero-order valence-corrected chi connectivity index (χ0v) is 22.6. The highest BCUT2D eigenvalue weighted by Crippen LogP contribution is 2.42. The number of nitrogens with zero attached hydrogens (tertiary/aromatic N) is 5. The highest BCUT2D eigenvalue weighted by molar-refractivity contribution is 6.30. The van der Waals surface area contributed by atoms with Gasteiger partial charge in [-0.25, -0.2) is 19.5 Å². The van der Waals surface area contributed by atoms with Crippen LogP contribution in [0.25, 0.3) is 11.1 Å². The molecule has 1 spiro atoms. The summed E-state index contributed by atoms with van der Waals surface area (Å²) in [6, 6.07) is 23.6. The van der Waals surface area contributed by atoms with E-state index in [1.54, 1.807) is 18.3 Å². The minimum absolute atomic E-state index is 0.00896. The summed E-state index contributed by atoms with van der Waals surface area (Å²) in [4.78, 5) is 53.5. The van der Waals surface area contributed by atoms with E-state index in [1.165, 1.54) is 28.1 Å². The van der Waals surface area contributed by atoms with Crippen molar-refractivity contribution in [1.82, 2.24) is 14.9 Å². The van der Waals surface area contributed by atoms with E-state index in [9.17, 15) is 19.5 Å². The number of carboxylic acid groups (broad SMARTS) is 1. The van der Waals surface area contributed by atoms with Gasteiger partial charge in [0.05, 0.1) is 16.9 Å². The number of rotatable bonds is 6. The van der Waals surface area contributed by atoms with Gasteiger partial charge >= 0.3 is 12.0 Å². The van der Waals surface area contributed by atoms with Crippen LogP contribution in [0.5, 0.6) is 0 Å². The number of aromatic nitrogens is 2. The number of anilines is 2. The monoisotopic (exact) mass is 547 g/mol. The van der Waals surface area contributed by atoms with Crippen molar-refractivity contribution in [1.29, 1.82) is 0 Å². The number of carbonyl (C=O) groups is 3. The van der Waals surface area contributed by atoms with Crippen LogP contribution in [0.2, 0.25) is 0 Å². The number of aryl methyl sites for hydroxylation is 1. The standard InChI is InChI=1S/C32H29N5O4/c1-22-6-5-17-33-27(22)21-35-18-15-32(16-19-35)30(40)36(26-12-9-24(10-13-26)23-7-3-2-4-8-23)31(41)37(32)28-14-11-25(20-34-28)29(38)39/h2-14,17,20H,15-16,18-19,21H2,1H3,(H,38,39). The second kappa shape index (κ2) is 10.6. The third kappa shape index (κ3) is 4.74. The molecular weight excluding hydrogens is 518 g/mol. The number of piperidine rings is 1. The van der Waals surface area contributed by atoms with Gasteiger partial charge in [-0.15, -0.1) is 0 Å². The zero-order valence-electron chi connectivity index (χ0n) is 22.6. The van der Waals surface area contributed by atoms with Crippen molar-refractivity contribution in [2.24, 2.45) is 0 Å². The summed E-state index contributed by atoms with van der Waals surface area (Å²) in [5.74, 6) is -1.15. The second-order valence-electron chi connectivity index (χ2n) is 10.5. The Bertz CT molecular complexity index is 1600. The average molecular weight is 548 g/mol. The number of pyridine rings is 2. The molecular formula is C32H29N5O4. The summed E-state index contributed by atoms with van der Waals surface area (Å²) in [6.07, 6.45) is 3.82. The molecule has 2 aliphatic heterocycles. The van der Waals surface area contributed by atoms with Crippen LogP contribution in [0.1, 0.15) is 34.5 Å². The molecule has 9 nitrogen and oxygen atoms in total. The fourth-order valence-corrected chi connectivity index (χ4v) is 5.71. The van der Waals surface area contributed by atoms with Crippen LogP contribution in [0.4, 0.5) is 16.3 Å². The minimum atomic E-state index is -1.14. The van der Waals surface area contributed by atoms with Crippen LogP contribution in [0, 0.1) is 6.92 Å². The van der Waals surface area contributed by atoms with Gasteiger partial charge in [-0.1, -0.05) is 48.5 Å². The minimum Gasteiger partial charge on any atom is -0.478 e. The first-order valence-electron chi connectivity index (χ1n) is 13.5. The van der Waals surface area contributed by atoms with Gasteiger partial charge < -0.3 is 5.11 Å². The molecule has 0 aliphatic carbocycles. The Morgan fingerprint density at radius 3 is 2.22 bits per heavy atom. The molecule has 2 aromatic carbocycles. The Morgan fingerprint density at radius 2 is 1.59 bits per heavy atom. The molecule has 0 saturated carbocycles. The first kappa shape index (κ1) is 26.3. The first-order valence-corrected chi connectivity index (χ1v) is 13.5. The molecule has 2 aliphatic rings. The van der Waals surface area contributed by atoms with E-state index in [-0.39, 0.29) is 17.3 Å². The van der Waals surface area contributed by atoms with Crippen molar-refractivity contribution in [3.8, 4) is 11.1 Å². The summed E-state index contributed by atoms with van der Waals surface area (Å²) >= 11 is 0. The number of likely N-dealkylation sites (tertiary alicyclic amines) is 1. The Morgan fingerprint density at radius 1 is 0.878 bits per heavy atom. The molecule has 206 valence electrons. The molecule has 0 atom stereocenters. The van der Waals surface area contributed by atoms with E-state index in [0.29, 0.717) is 38.2 Å². The molecule has 3 amide bonds. The Kier molecular flexibility index (Phi) is 6.80. The van der Waals surface area contributed by atoms with Gasteiger partial charge in [-0.3, -0.25) is 19.6 Å². The Hall–Kier alpha value is -4.89. The molecule has 0 unspecified atom stereocenters. The zero-order chi connectivity index (χ0) is 28.6. The van der Waals surface area contributed by atoms with Gasteiger partial charge in [0.25, 0.3) is 5.91 Å². The SMILES string of the molecule is Cc1cccnc1CN1CCC2(CC1)C(=O)N(c1ccc(-c3ccccc3)cc1)C(=O)N2c1ccc(C(=O)O)cn1. The van der Waals surface area contributed by atoms with Gasteiger partial charge in [0.2, 0.25) is 0 Å². The lowest BCUT2D eigenvalue weighted by molar-refractivity contribution is -0.123. The Balaban J connectivity index is 1.32. The topological polar surface area (TPSA) is 107 Å². The van der Waals surface area contributed by atoms with Gasteiger partial charge in [0.1, 0.15) is 11.4 Å². The van der Waals surface area contributed by atoms with Crippen molar-refractivity contribution < 1.29 is 19.5 Å². The molecule has 0 radical (unpaired) electrons. The van der Waals surface area contributed by atoms with Crippen LogP contribution in [0.15, 0.2) is 91.3 Å². The molecule has 41 heavy (non-hydrogen) atoms. The smallest absolute Gasteiger partial charge is 0.338 e. The van der Waals surface area contributed by atoms with Crippen LogP contribution in [0.3, 0.4) is 0 Å². The maximum absolute atomic E-state index is 14.2. The lowest BCUT2D eigenvalue weighted by atomic mass is 9.85. The number of amides is 3. The maximum atomic E-state index is 14.2. The molecule has 0 bridgehead atoms. The molecule has 6 rings (SSSR count). The first-order chi connectivity index (χ1) is 19.9. The van der Waals surface area contributed by atoms with Gasteiger partial charge in [0.15, 0.2) is 0 Å². The molecule has 2 aromatic heterocycles. The van der Waals surface area contributed by atoms with E-state index in [0.717, 1.165) is 22.4 Å². The average Bonchev–Trinajstić information content (AvgIpc) is 3.21. The summed E-state index contributed by atoms with van der Waals surface area (Å²) in [5, 5.41) is 9.35. The summed E-state index contributed by atoms with van der Waals surface area (Å²) in [7, 11) is 0. The van der Waals surface area contributed by atoms with E-state index in [2.05, 4.69) is 14.9 Å². The van der Waals surface area contributed by atoms with Crippen LogP contribution >= 0.6 is 0 Å². The number of carbonyl (C=O) groups excluding carboxylic acids is 2. The molecule has 1 N–H and O–H groups in total. The molecule has 4 aromatic rings.